The van der Waals surface area contributed by atoms with Gasteiger partial charge in [-0.1, -0.05) is 55.7 Å². The first-order valence-corrected chi connectivity index (χ1v) is 11.8. The predicted molar refractivity (Wildman–Crippen MR) is 132 cm³/mol. The molecule has 2 aromatic carbocycles. The Kier molecular flexibility index (Phi) is 9.21. The topological polar surface area (TPSA) is 63.6 Å². The highest BCUT2D eigenvalue weighted by Gasteiger charge is 2.10. The van der Waals surface area contributed by atoms with Crippen LogP contribution in [0.15, 0.2) is 48.5 Å². The van der Waals surface area contributed by atoms with Gasteiger partial charge in [0.05, 0.1) is 6.61 Å². The third-order valence-electron chi connectivity index (χ3n) is 4.03. The number of carbonyl (C=O) groups is 2. The highest BCUT2D eigenvalue weighted by atomic mass is 32.1. The van der Waals surface area contributed by atoms with Crippen LogP contribution in [-0.2, 0) is 4.74 Å². The summed E-state index contributed by atoms with van der Waals surface area (Å²) in [6, 6.07) is 15.7. The van der Waals surface area contributed by atoms with E-state index in [2.05, 4.69) is 19.9 Å². The summed E-state index contributed by atoms with van der Waals surface area (Å²) >= 11 is 2.79. The van der Waals surface area contributed by atoms with Gasteiger partial charge in [-0.05, 0) is 55.8 Å². The van der Waals surface area contributed by atoms with Crippen molar-refractivity contribution in [3.63, 3.8) is 0 Å². The minimum atomic E-state index is -0.848. The Morgan fingerprint density at radius 3 is 1.71 bits per heavy atom. The number of ether oxygens (including phenoxy) is 1. The van der Waals surface area contributed by atoms with Crippen molar-refractivity contribution >= 4 is 54.8 Å². The molecule has 0 fully saturated rings. The summed E-state index contributed by atoms with van der Waals surface area (Å²) < 4.78 is 7.12. The molecule has 164 valence electrons. The molecule has 0 saturated heterocycles. The first-order valence-electron chi connectivity index (χ1n) is 10.2. The van der Waals surface area contributed by atoms with Crippen LogP contribution in [0.3, 0.4) is 0 Å². The van der Waals surface area contributed by atoms with E-state index in [4.69, 9.17) is 9.84 Å². The molecule has 2 heterocycles. The number of hydrogen-bond acceptors (Lipinski definition) is 5. The molecule has 6 heteroatoms. The molecule has 4 aromatic rings. The van der Waals surface area contributed by atoms with Gasteiger partial charge in [0.15, 0.2) is 0 Å². The van der Waals surface area contributed by atoms with Crippen LogP contribution in [0.4, 0.5) is 0 Å². The number of carbonyl (C=O) groups excluding carboxylic acids is 1. The zero-order valence-electron chi connectivity index (χ0n) is 18.5. The minimum absolute atomic E-state index is 0.226. The van der Waals surface area contributed by atoms with E-state index in [1.807, 2.05) is 57.2 Å². The van der Waals surface area contributed by atoms with Crippen LogP contribution in [0, 0.1) is 13.8 Å². The SMILES string of the molecule is CCC.CCOC(=O)c1cc2cc(C)ccc2s1.Cc1ccc2sc(C(=O)O)cc2c1. The highest BCUT2D eigenvalue weighted by Crippen LogP contribution is 2.27. The third kappa shape index (κ3) is 6.91. The molecule has 0 saturated carbocycles. The molecule has 1 N–H and O–H groups in total. The number of hydrogen-bond donors (Lipinski definition) is 1. The van der Waals surface area contributed by atoms with E-state index in [-0.39, 0.29) is 5.97 Å². The molecule has 0 bridgehead atoms. The van der Waals surface area contributed by atoms with Crippen molar-refractivity contribution in [3.8, 4) is 0 Å². The van der Waals surface area contributed by atoms with E-state index >= 15 is 0 Å². The Labute approximate surface area is 191 Å². The summed E-state index contributed by atoms with van der Waals surface area (Å²) in [7, 11) is 0. The van der Waals surface area contributed by atoms with E-state index in [0.717, 1.165) is 25.7 Å². The summed E-state index contributed by atoms with van der Waals surface area (Å²) in [5.74, 6) is -1.07. The average molecular weight is 457 g/mol. The normalized spacial score (nSPS) is 10.1. The Morgan fingerprint density at radius 2 is 1.26 bits per heavy atom. The van der Waals surface area contributed by atoms with Gasteiger partial charge in [-0.15, -0.1) is 22.7 Å². The zero-order chi connectivity index (χ0) is 23.0. The van der Waals surface area contributed by atoms with Gasteiger partial charge in [0.25, 0.3) is 0 Å². The van der Waals surface area contributed by atoms with Gasteiger partial charge >= 0.3 is 11.9 Å². The molecule has 0 radical (unpaired) electrons. The van der Waals surface area contributed by atoms with Crippen molar-refractivity contribution in [2.45, 2.75) is 41.0 Å². The quantitative estimate of drug-likeness (QED) is 0.321. The standard InChI is InChI=1S/C12H12O2S.C10H8O2S.C3H8/c1-3-14-12(13)11-7-9-6-8(2)4-5-10(9)15-11;1-6-2-3-8-7(4-6)5-9(13-8)10(11)12;1-3-2/h4-7H,3H2,1-2H3;2-5H,1H3,(H,11,12);3H2,1-2H3. The maximum absolute atomic E-state index is 11.5. The summed E-state index contributed by atoms with van der Waals surface area (Å²) in [6.45, 7) is 10.5. The van der Waals surface area contributed by atoms with E-state index in [1.165, 1.54) is 34.7 Å². The fourth-order valence-electron chi connectivity index (χ4n) is 2.73. The molecule has 0 aliphatic carbocycles. The second kappa shape index (κ2) is 11.6. The molecule has 0 amide bonds. The predicted octanol–water partition coefficient (Wildman–Crippen LogP) is 7.71. The van der Waals surface area contributed by atoms with Crippen LogP contribution in [0.1, 0.15) is 57.7 Å². The molecular weight excluding hydrogens is 428 g/mol. The first kappa shape index (κ1) is 24.6. The van der Waals surface area contributed by atoms with E-state index in [9.17, 15) is 9.59 Å². The summed E-state index contributed by atoms with van der Waals surface area (Å²) in [4.78, 5) is 23.2. The fourth-order valence-corrected chi connectivity index (χ4v) is 4.55. The van der Waals surface area contributed by atoms with Crippen LogP contribution in [-0.4, -0.2) is 23.7 Å². The minimum Gasteiger partial charge on any atom is -0.477 e. The highest BCUT2D eigenvalue weighted by molar-refractivity contribution is 7.21. The lowest BCUT2D eigenvalue weighted by Gasteiger charge is -1.95. The van der Waals surface area contributed by atoms with Gasteiger partial charge in [-0.25, -0.2) is 9.59 Å². The van der Waals surface area contributed by atoms with Crippen LogP contribution >= 0.6 is 22.7 Å². The van der Waals surface area contributed by atoms with Crippen molar-refractivity contribution in [2.75, 3.05) is 6.61 Å². The number of carboxylic acid groups (broad SMARTS) is 1. The van der Waals surface area contributed by atoms with Gasteiger partial charge in [0.2, 0.25) is 0 Å². The van der Waals surface area contributed by atoms with E-state index in [0.29, 0.717) is 16.4 Å². The molecule has 0 aliphatic rings. The van der Waals surface area contributed by atoms with E-state index < -0.39 is 5.97 Å². The van der Waals surface area contributed by atoms with Crippen molar-refractivity contribution in [2.24, 2.45) is 0 Å². The smallest absolute Gasteiger partial charge is 0.348 e. The second-order valence-corrected chi connectivity index (χ2v) is 9.20. The lowest BCUT2D eigenvalue weighted by molar-refractivity contribution is 0.0531. The van der Waals surface area contributed by atoms with Gasteiger partial charge in [0, 0.05) is 9.40 Å². The lowest BCUT2D eigenvalue weighted by atomic mass is 10.2. The van der Waals surface area contributed by atoms with Gasteiger partial charge in [-0.2, -0.15) is 0 Å². The number of rotatable bonds is 3. The molecule has 31 heavy (non-hydrogen) atoms. The lowest BCUT2D eigenvalue weighted by Crippen LogP contribution is -2.01. The number of benzene rings is 2. The molecule has 4 nitrogen and oxygen atoms in total. The second-order valence-electron chi connectivity index (χ2n) is 7.04. The first-order chi connectivity index (χ1) is 14.8. The number of carboxylic acids is 1. The fraction of sp³-hybridized carbons (Fsp3) is 0.280. The molecule has 0 spiro atoms. The summed E-state index contributed by atoms with van der Waals surface area (Å²) in [6.07, 6.45) is 1.25. The van der Waals surface area contributed by atoms with Crippen molar-refractivity contribution < 1.29 is 19.4 Å². The Balaban J connectivity index is 0.000000197. The molecule has 0 unspecified atom stereocenters. The van der Waals surface area contributed by atoms with Crippen molar-refractivity contribution in [1.29, 1.82) is 0 Å². The van der Waals surface area contributed by atoms with Crippen LogP contribution in [0.5, 0.6) is 0 Å². The third-order valence-corrected chi connectivity index (χ3v) is 6.23. The number of aryl methyl sites for hydroxylation is 2. The Hall–Kier alpha value is -2.70. The van der Waals surface area contributed by atoms with Crippen LogP contribution in [0.25, 0.3) is 20.2 Å². The zero-order valence-corrected chi connectivity index (χ0v) is 20.2. The van der Waals surface area contributed by atoms with Gasteiger partial charge in [-0.3, -0.25) is 0 Å². The van der Waals surface area contributed by atoms with Gasteiger partial charge < -0.3 is 9.84 Å². The average Bonchev–Trinajstić information content (AvgIpc) is 3.32. The molecule has 0 aliphatic heterocycles. The van der Waals surface area contributed by atoms with E-state index in [1.54, 1.807) is 6.07 Å². The van der Waals surface area contributed by atoms with Crippen LogP contribution in [0.2, 0.25) is 0 Å². The summed E-state index contributed by atoms with van der Waals surface area (Å²) in [5.41, 5.74) is 2.36. The summed E-state index contributed by atoms with van der Waals surface area (Å²) in [5, 5.41) is 10.9. The largest absolute Gasteiger partial charge is 0.477 e. The maximum Gasteiger partial charge on any atom is 0.348 e. The molecule has 4 rings (SSSR count). The Morgan fingerprint density at radius 1 is 0.806 bits per heavy atom. The van der Waals surface area contributed by atoms with Crippen molar-refractivity contribution in [3.05, 3.63) is 69.4 Å². The maximum atomic E-state index is 11.5. The van der Waals surface area contributed by atoms with Crippen LogP contribution < -0.4 is 0 Å². The van der Waals surface area contributed by atoms with Crippen molar-refractivity contribution in [1.82, 2.24) is 0 Å². The number of esters is 1. The monoisotopic (exact) mass is 456 g/mol. The number of thiophene rings is 2. The molecular formula is C25H28O4S2. The van der Waals surface area contributed by atoms with Gasteiger partial charge in [0.1, 0.15) is 9.75 Å². The number of fused-ring (bicyclic) bond motifs is 2. The Bertz CT molecular complexity index is 1170. The number of aromatic carboxylic acids is 1. The molecule has 0 atom stereocenters. The molecule has 2 aromatic heterocycles.